The van der Waals surface area contributed by atoms with Crippen molar-refractivity contribution < 1.29 is 9.53 Å². The zero-order chi connectivity index (χ0) is 21.8. The lowest BCUT2D eigenvalue weighted by atomic mass is 9.61. The molecule has 5 rings (SSSR count). The molecular formula is C21H23Cl2N5O3. The normalized spacial score (nSPS) is 19.8. The summed E-state index contributed by atoms with van der Waals surface area (Å²) in [5, 5.41) is 9.86. The van der Waals surface area contributed by atoms with Gasteiger partial charge in [0.05, 0.1) is 35.1 Å². The Bertz CT molecular complexity index is 1090. The first-order valence-electron chi connectivity index (χ1n) is 10.3. The number of likely N-dealkylation sites (tertiary alicyclic amines) is 1. The van der Waals surface area contributed by atoms with E-state index in [2.05, 4.69) is 20.4 Å². The molecule has 1 aromatic heterocycles. The molecule has 1 saturated carbocycles. The maximum absolute atomic E-state index is 12.3. The number of halogens is 2. The Morgan fingerprint density at radius 1 is 1.29 bits per heavy atom. The summed E-state index contributed by atoms with van der Waals surface area (Å²) in [4.78, 5) is 27.8. The van der Waals surface area contributed by atoms with E-state index in [-0.39, 0.29) is 17.0 Å². The quantitative estimate of drug-likeness (QED) is 0.683. The van der Waals surface area contributed by atoms with Crippen molar-refractivity contribution in [3.8, 4) is 5.75 Å². The minimum atomic E-state index is -0.391. The van der Waals surface area contributed by atoms with Crippen LogP contribution in [0.15, 0.2) is 23.1 Å². The van der Waals surface area contributed by atoms with Crippen molar-refractivity contribution in [1.82, 2.24) is 20.0 Å². The number of rotatable bonds is 6. The fourth-order valence-corrected chi connectivity index (χ4v) is 5.36. The highest BCUT2D eigenvalue weighted by Gasteiger charge is 2.53. The molecule has 2 aliphatic heterocycles. The molecule has 164 valence electrons. The first-order valence-corrected chi connectivity index (χ1v) is 11.0. The van der Waals surface area contributed by atoms with Gasteiger partial charge in [0.15, 0.2) is 0 Å². The summed E-state index contributed by atoms with van der Waals surface area (Å²) in [7, 11) is 1.78. The van der Waals surface area contributed by atoms with Gasteiger partial charge in [0.25, 0.3) is 11.5 Å². The van der Waals surface area contributed by atoms with Gasteiger partial charge in [-0.1, -0.05) is 23.2 Å². The van der Waals surface area contributed by atoms with Crippen LogP contribution in [0, 0.1) is 5.41 Å². The summed E-state index contributed by atoms with van der Waals surface area (Å²) in [6, 6.07) is 3.63. The second-order valence-corrected chi connectivity index (χ2v) is 9.56. The van der Waals surface area contributed by atoms with Gasteiger partial charge >= 0.3 is 0 Å². The Morgan fingerprint density at radius 3 is 2.84 bits per heavy atom. The third-order valence-corrected chi connectivity index (χ3v) is 7.14. The number of benzene rings is 1. The minimum absolute atomic E-state index is 0.0454. The van der Waals surface area contributed by atoms with E-state index in [9.17, 15) is 9.59 Å². The van der Waals surface area contributed by atoms with Crippen LogP contribution in [0.25, 0.3) is 0 Å². The van der Waals surface area contributed by atoms with Crippen LogP contribution in [-0.2, 0) is 6.54 Å². The molecule has 1 spiro atoms. The molecule has 2 N–H and O–H groups in total. The van der Waals surface area contributed by atoms with Gasteiger partial charge < -0.3 is 19.9 Å². The van der Waals surface area contributed by atoms with Gasteiger partial charge in [-0.15, -0.1) is 0 Å². The number of carbonyl (C=O) groups excluding carboxylic acids is 1. The van der Waals surface area contributed by atoms with E-state index in [1.54, 1.807) is 18.0 Å². The highest BCUT2D eigenvalue weighted by Crippen LogP contribution is 2.50. The Labute approximate surface area is 189 Å². The first-order chi connectivity index (χ1) is 14.8. The van der Waals surface area contributed by atoms with E-state index in [1.807, 2.05) is 6.07 Å². The molecule has 0 bridgehead atoms. The third-order valence-electron chi connectivity index (χ3n) is 6.45. The summed E-state index contributed by atoms with van der Waals surface area (Å²) < 4.78 is 6.25. The van der Waals surface area contributed by atoms with Crippen LogP contribution in [0.1, 0.15) is 28.8 Å². The lowest BCUT2D eigenvalue weighted by Gasteiger charge is -2.58. The molecule has 0 atom stereocenters. The van der Waals surface area contributed by atoms with Crippen LogP contribution in [0.4, 0.5) is 5.69 Å². The van der Waals surface area contributed by atoms with E-state index < -0.39 is 5.56 Å². The van der Waals surface area contributed by atoms with E-state index in [1.165, 1.54) is 6.20 Å². The molecule has 10 heteroatoms. The smallest absolute Gasteiger partial charge is 0.285 e. The van der Waals surface area contributed by atoms with Crippen LogP contribution >= 0.6 is 23.2 Å². The Morgan fingerprint density at radius 2 is 2.06 bits per heavy atom. The Balaban J connectivity index is 1.10. The Hall–Kier alpha value is -2.29. The number of nitrogens with zero attached hydrogens (tertiary/aromatic N) is 3. The van der Waals surface area contributed by atoms with E-state index in [4.69, 9.17) is 27.9 Å². The van der Waals surface area contributed by atoms with Gasteiger partial charge in [-0.25, -0.2) is 5.10 Å². The molecular weight excluding hydrogens is 441 g/mol. The molecule has 1 aliphatic carbocycles. The topological polar surface area (TPSA) is 90.6 Å². The number of fused-ring (bicyclic) bond motifs is 1. The van der Waals surface area contributed by atoms with Crippen LogP contribution in [-0.4, -0.2) is 65.2 Å². The molecule has 8 nitrogen and oxygen atoms in total. The molecule has 3 heterocycles. The fraction of sp³-hybridized carbons (Fsp3) is 0.476. The van der Waals surface area contributed by atoms with Crippen molar-refractivity contribution in [2.45, 2.75) is 25.5 Å². The maximum Gasteiger partial charge on any atom is 0.285 e. The van der Waals surface area contributed by atoms with Crippen molar-refractivity contribution in [3.05, 3.63) is 49.9 Å². The van der Waals surface area contributed by atoms with Gasteiger partial charge in [0.2, 0.25) is 0 Å². The molecule has 3 aliphatic rings. The average molecular weight is 464 g/mol. The Kier molecular flexibility index (Phi) is 5.11. The lowest BCUT2D eigenvalue weighted by Crippen LogP contribution is -2.65. The first kappa shape index (κ1) is 20.6. The number of ether oxygens (including phenoxy) is 1. The van der Waals surface area contributed by atoms with Crippen LogP contribution in [0.2, 0.25) is 10.0 Å². The number of anilines is 1. The number of carbonyl (C=O) groups is 1. The van der Waals surface area contributed by atoms with Crippen molar-refractivity contribution >= 4 is 34.8 Å². The standard InChI is InChI=1S/C21H23Cl2N5O3/c1-27-9-13-16(3-2-14(22)17(13)20(27)30)31-12-6-21(7-12)10-28(11-21)5-4-24-15-8-25-26-19(29)18(15)23/h2-3,8,12H,4-7,9-11H2,1H3,(H2,24,26,29). The zero-order valence-electron chi connectivity index (χ0n) is 17.1. The largest absolute Gasteiger partial charge is 0.490 e. The number of hydrogen-bond donors (Lipinski definition) is 2. The predicted octanol–water partition coefficient (Wildman–Crippen LogP) is 2.62. The summed E-state index contributed by atoms with van der Waals surface area (Å²) in [6.45, 7) is 4.18. The number of hydrogen-bond acceptors (Lipinski definition) is 6. The van der Waals surface area contributed by atoms with Crippen molar-refractivity contribution in [2.24, 2.45) is 5.41 Å². The minimum Gasteiger partial charge on any atom is -0.490 e. The van der Waals surface area contributed by atoms with Crippen LogP contribution in [0.5, 0.6) is 5.75 Å². The lowest BCUT2D eigenvalue weighted by molar-refractivity contribution is -0.117. The van der Waals surface area contributed by atoms with Crippen LogP contribution in [0.3, 0.4) is 0 Å². The number of amides is 1. The molecule has 1 amide bonds. The molecule has 31 heavy (non-hydrogen) atoms. The van der Waals surface area contributed by atoms with Gasteiger partial charge in [0.1, 0.15) is 10.8 Å². The SMILES string of the molecule is CN1Cc2c(OC3CC4(C3)CN(CCNc3cn[nH]c(=O)c3Cl)C4)ccc(Cl)c2C1=O. The number of aromatic nitrogens is 2. The third kappa shape index (κ3) is 3.66. The number of H-pyrrole nitrogens is 1. The number of nitrogens with one attached hydrogen (secondary N) is 2. The monoisotopic (exact) mass is 463 g/mol. The summed E-state index contributed by atoms with van der Waals surface area (Å²) in [5.74, 6) is 0.733. The molecule has 0 unspecified atom stereocenters. The molecule has 2 fully saturated rings. The maximum atomic E-state index is 12.3. The summed E-state index contributed by atoms with van der Waals surface area (Å²) >= 11 is 12.2. The number of aromatic amines is 1. The molecule has 1 aromatic carbocycles. The van der Waals surface area contributed by atoms with Crippen molar-refractivity contribution in [3.63, 3.8) is 0 Å². The van der Waals surface area contributed by atoms with Crippen molar-refractivity contribution in [2.75, 3.05) is 38.5 Å². The van der Waals surface area contributed by atoms with Gasteiger partial charge in [-0.2, -0.15) is 5.10 Å². The van der Waals surface area contributed by atoms with Crippen LogP contribution < -0.4 is 15.6 Å². The van der Waals surface area contributed by atoms with E-state index in [0.29, 0.717) is 34.8 Å². The zero-order valence-corrected chi connectivity index (χ0v) is 18.6. The summed E-state index contributed by atoms with van der Waals surface area (Å²) in [5.41, 5.74) is 1.97. The molecule has 1 saturated heterocycles. The highest BCUT2D eigenvalue weighted by molar-refractivity contribution is 6.34. The van der Waals surface area contributed by atoms with Gasteiger partial charge in [-0.3, -0.25) is 9.59 Å². The second kappa shape index (κ2) is 7.69. The van der Waals surface area contributed by atoms with Gasteiger partial charge in [-0.05, 0) is 25.0 Å². The summed E-state index contributed by atoms with van der Waals surface area (Å²) in [6.07, 6.45) is 3.73. The molecule has 0 radical (unpaired) electrons. The van der Waals surface area contributed by atoms with Crippen molar-refractivity contribution in [1.29, 1.82) is 0 Å². The predicted molar refractivity (Wildman–Crippen MR) is 118 cm³/mol. The van der Waals surface area contributed by atoms with E-state index in [0.717, 1.165) is 43.8 Å². The van der Waals surface area contributed by atoms with Gasteiger partial charge in [0, 0.05) is 44.2 Å². The van der Waals surface area contributed by atoms with E-state index >= 15 is 0 Å². The average Bonchev–Trinajstić information content (AvgIpc) is 2.98. The molecule has 2 aromatic rings. The highest BCUT2D eigenvalue weighted by atomic mass is 35.5. The fourth-order valence-electron chi connectivity index (χ4n) is 4.94. The second-order valence-electron chi connectivity index (χ2n) is 8.77.